The van der Waals surface area contributed by atoms with Crippen LogP contribution >= 0.6 is 0 Å². The Morgan fingerprint density at radius 3 is 2.64 bits per heavy atom. The monoisotopic (exact) mass is 152 g/mol. The predicted octanol–water partition coefficient (Wildman–Crippen LogP) is 1.93. The molecule has 1 aliphatic rings. The number of nitrogens with one attached hydrogen (secondary N) is 2. The topological polar surface area (TPSA) is 35.9 Å². The highest BCUT2D eigenvalue weighted by Crippen LogP contribution is 2.49. The van der Waals surface area contributed by atoms with Gasteiger partial charge in [0.25, 0.3) is 0 Å². The summed E-state index contributed by atoms with van der Waals surface area (Å²) in [5.41, 5.74) is 1.72. The first kappa shape index (κ1) is 8.31. The van der Waals surface area contributed by atoms with Gasteiger partial charge < -0.3 is 10.7 Å². The summed E-state index contributed by atoms with van der Waals surface area (Å²) in [6.07, 6.45) is 6.95. The van der Waals surface area contributed by atoms with Gasteiger partial charge in [-0.1, -0.05) is 6.92 Å². The van der Waals surface area contributed by atoms with Crippen LogP contribution in [0.2, 0.25) is 0 Å². The highest BCUT2D eigenvalue weighted by Gasteiger charge is 2.37. The fourth-order valence-electron chi connectivity index (χ4n) is 1.18. The van der Waals surface area contributed by atoms with Gasteiger partial charge in [0.15, 0.2) is 0 Å². The number of hydrogen-bond acceptors (Lipinski definition) is 2. The molecule has 62 valence electrons. The third-order valence-corrected chi connectivity index (χ3v) is 2.33. The molecular formula is C9H16N2. The van der Waals surface area contributed by atoms with E-state index in [-0.39, 0.29) is 0 Å². The van der Waals surface area contributed by atoms with Crippen LogP contribution in [0.1, 0.15) is 26.2 Å². The number of hydrogen-bond donors (Lipinski definition) is 2. The minimum absolute atomic E-state index is 0.540. The van der Waals surface area contributed by atoms with E-state index in [1.54, 1.807) is 0 Å². The van der Waals surface area contributed by atoms with E-state index in [0.717, 1.165) is 6.42 Å². The van der Waals surface area contributed by atoms with Crippen molar-refractivity contribution in [1.29, 1.82) is 5.41 Å². The van der Waals surface area contributed by atoms with Gasteiger partial charge >= 0.3 is 0 Å². The van der Waals surface area contributed by atoms with E-state index in [1.807, 2.05) is 13.1 Å². The zero-order valence-corrected chi connectivity index (χ0v) is 7.28. The summed E-state index contributed by atoms with van der Waals surface area (Å²) >= 11 is 0. The Morgan fingerprint density at radius 2 is 2.27 bits per heavy atom. The normalized spacial score (nSPS) is 21.1. The Labute approximate surface area is 68.2 Å². The highest BCUT2D eigenvalue weighted by atomic mass is 14.8. The number of allylic oxidation sites excluding steroid dienone is 2. The van der Waals surface area contributed by atoms with Crippen LogP contribution in [0.4, 0.5) is 0 Å². The van der Waals surface area contributed by atoms with Gasteiger partial charge in [-0.15, -0.1) is 0 Å². The molecule has 1 fully saturated rings. The van der Waals surface area contributed by atoms with Crippen LogP contribution in [0, 0.1) is 10.8 Å². The second kappa shape index (κ2) is 3.07. The summed E-state index contributed by atoms with van der Waals surface area (Å²) < 4.78 is 0. The molecule has 11 heavy (non-hydrogen) atoms. The molecule has 0 saturated heterocycles. The molecule has 0 aromatic heterocycles. The Hall–Kier alpha value is -0.790. The first-order valence-corrected chi connectivity index (χ1v) is 4.07. The molecular weight excluding hydrogens is 136 g/mol. The summed E-state index contributed by atoms with van der Waals surface area (Å²) in [5, 5.41) is 10.0. The quantitative estimate of drug-likeness (QED) is 0.593. The van der Waals surface area contributed by atoms with Gasteiger partial charge in [0, 0.05) is 19.0 Å². The smallest absolute Gasteiger partial charge is 0.0194 e. The first-order valence-electron chi connectivity index (χ1n) is 4.07. The minimum atomic E-state index is 0.540. The molecule has 1 rings (SSSR count). The molecule has 1 saturated carbocycles. The molecule has 0 bridgehead atoms. The molecule has 0 amide bonds. The molecule has 1 aliphatic carbocycles. The van der Waals surface area contributed by atoms with E-state index in [0.29, 0.717) is 5.41 Å². The van der Waals surface area contributed by atoms with Gasteiger partial charge in [0.2, 0.25) is 0 Å². The third kappa shape index (κ3) is 2.37. The lowest BCUT2D eigenvalue weighted by Crippen LogP contribution is -2.10. The van der Waals surface area contributed by atoms with Crippen molar-refractivity contribution in [2.45, 2.75) is 26.2 Å². The average Bonchev–Trinajstić information content (AvgIpc) is 2.68. The van der Waals surface area contributed by atoms with Crippen LogP contribution in [-0.2, 0) is 0 Å². The van der Waals surface area contributed by atoms with Crippen LogP contribution in [0.5, 0.6) is 0 Å². The van der Waals surface area contributed by atoms with Crippen LogP contribution in [-0.4, -0.2) is 13.3 Å². The molecule has 0 unspecified atom stereocenters. The predicted molar refractivity (Wildman–Crippen MR) is 47.9 cm³/mol. The maximum Gasteiger partial charge on any atom is 0.0194 e. The van der Waals surface area contributed by atoms with E-state index in [9.17, 15) is 0 Å². The van der Waals surface area contributed by atoms with Crippen LogP contribution in [0.25, 0.3) is 0 Å². The third-order valence-electron chi connectivity index (χ3n) is 2.33. The largest absolute Gasteiger partial charge is 0.391 e. The SMILES string of the molecule is CN/C(=C\C=N)CC1(C)CC1. The highest BCUT2D eigenvalue weighted by molar-refractivity contribution is 5.68. The van der Waals surface area contributed by atoms with Crippen molar-refractivity contribution in [1.82, 2.24) is 5.32 Å². The summed E-state index contributed by atoms with van der Waals surface area (Å²) in [6, 6.07) is 0. The van der Waals surface area contributed by atoms with E-state index in [1.165, 1.54) is 24.8 Å². The molecule has 0 radical (unpaired) electrons. The zero-order valence-electron chi connectivity index (χ0n) is 7.28. The molecule has 0 aliphatic heterocycles. The molecule has 0 aromatic rings. The molecule has 0 heterocycles. The Balaban J connectivity index is 2.43. The van der Waals surface area contributed by atoms with Crippen LogP contribution < -0.4 is 5.32 Å². The summed E-state index contributed by atoms with van der Waals surface area (Å²) in [5.74, 6) is 0. The van der Waals surface area contributed by atoms with Gasteiger partial charge in [0.05, 0.1) is 0 Å². The Bertz CT molecular complexity index is 178. The maximum absolute atomic E-state index is 6.92. The van der Waals surface area contributed by atoms with Gasteiger partial charge in [-0.2, -0.15) is 0 Å². The van der Waals surface area contributed by atoms with Crippen molar-refractivity contribution in [3.8, 4) is 0 Å². The van der Waals surface area contributed by atoms with Gasteiger partial charge in [-0.05, 0) is 30.8 Å². The molecule has 2 heteroatoms. The van der Waals surface area contributed by atoms with Crippen molar-refractivity contribution in [2.75, 3.05) is 7.05 Å². The Kier molecular flexibility index (Phi) is 2.32. The lowest BCUT2D eigenvalue weighted by atomic mass is 10.0. The first-order chi connectivity index (χ1) is 5.20. The molecule has 0 spiro atoms. The van der Waals surface area contributed by atoms with Crippen LogP contribution in [0.15, 0.2) is 11.8 Å². The maximum atomic E-state index is 6.92. The molecule has 2 nitrogen and oxygen atoms in total. The van der Waals surface area contributed by atoms with E-state index >= 15 is 0 Å². The van der Waals surface area contributed by atoms with Crippen LogP contribution in [0.3, 0.4) is 0 Å². The van der Waals surface area contributed by atoms with E-state index < -0.39 is 0 Å². The van der Waals surface area contributed by atoms with Crippen molar-refractivity contribution < 1.29 is 0 Å². The summed E-state index contributed by atoms with van der Waals surface area (Å²) in [4.78, 5) is 0. The Morgan fingerprint density at radius 1 is 1.64 bits per heavy atom. The summed E-state index contributed by atoms with van der Waals surface area (Å²) in [7, 11) is 1.92. The second-order valence-electron chi connectivity index (χ2n) is 3.60. The fourth-order valence-corrected chi connectivity index (χ4v) is 1.18. The van der Waals surface area contributed by atoms with Crippen molar-refractivity contribution in [3.05, 3.63) is 11.8 Å². The molecule has 0 aromatic carbocycles. The lowest BCUT2D eigenvalue weighted by Gasteiger charge is -2.10. The number of rotatable bonds is 4. The lowest BCUT2D eigenvalue weighted by molar-refractivity contribution is 0.549. The molecule has 0 atom stereocenters. The van der Waals surface area contributed by atoms with Crippen molar-refractivity contribution >= 4 is 6.21 Å². The average molecular weight is 152 g/mol. The van der Waals surface area contributed by atoms with Crippen molar-refractivity contribution in [3.63, 3.8) is 0 Å². The van der Waals surface area contributed by atoms with E-state index in [4.69, 9.17) is 5.41 Å². The standard InChI is InChI=1S/C9H16N2/c1-9(4-5-9)7-8(11-2)3-6-10/h3,6,10-11H,4-5,7H2,1-2H3/b8-3-,10-6?. The van der Waals surface area contributed by atoms with Gasteiger partial charge in [-0.25, -0.2) is 0 Å². The minimum Gasteiger partial charge on any atom is -0.391 e. The molecule has 2 N–H and O–H groups in total. The fraction of sp³-hybridized carbons (Fsp3) is 0.667. The van der Waals surface area contributed by atoms with Crippen molar-refractivity contribution in [2.24, 2.45) is 5.41 Å². The van der Waals surface area contributed by atoms with Gasteiger partial charge in [0.1, 0.15) is 0 Å². The van der Waals surface area contributed by atoms with Gasteiger partial charge in [-0.3, -0.25) is 0 Å². The van der Waals surface area contributed by atoms with E-state index in [2.05, 4.69) is 12.2 Å². The summed E-state index contributed by atoms with van der Waals surface area (Å²) in [6.45, 7) is 2.29. The second-order valence-corrected chi connectivity index (χ2v) is 3.60. The zero-order chi connectivity index (χ0) is 8.32.